The zero-order valence-electron chi connectivity index (χ0n) is 12.9. The minimum Gasteiger partial charge on any atom is -0.598 e. The minimum atomic E-state index is -3.25. The van der Waals surface area contributed by atoms with Crippen molar-refractivity contribution in [2.24, 2.45) is 0 Å². The van der Waals surface area contributed by atoms with Crippen LogP contribution in [0.4, 0.5) is 0 Å². The zero-order chi connectivity index (χ0) is 15.7. The summed E-state index contributed by atoms with van der Waals surface area (Å²) in [5, 5.41) is 0. The van der Waals surface area contributed by atoms with Gasteiger partial charge in [-0.05, 0) is 51.8 Å². The van der Waals surface area contributed by atoms with E-state index in [9.17, 15) is 13.0 Å². The summed E-state index contributed by atoms with van der Waals surface area (Å²) in [6, 6.07) is 5.00. The lowest BCUT2D eigenvalue weighted by Crippen LogP contribution is -2.40. The lowest BCUT2D eigenvalue weighted by Gasteiger charge is -2.27. The topological polar surface area (TPSA) is 69.2 Å². The maximum atomic E-state index is 12.1. The molecule has 0 spiro atoms. The van der Waals surface area contributed by atoms with E-state index in [4.69, 9.17) is 0 Å². The van der Waals surface area contributed by atoms with E-state index in [-0.39, 0.29) is 10.8 Å². The van der Waals surface area contributed by atoms with Gasteiger partial charge in [-0.25, -0.2) is 8.42 Å². The number of benzene rings is 1. The standard InChI is InChI=1S/C14H23NO3S2/c1-10-12(8-7-9-13(10)20(6,17)18)11(2)15-19(16)14(3,4)5/h7-9,11,15H,1-6H3/t11-,19?/m1/s1. The largest absolute Gasteiger partial charge is 0.598 e. The van der Waals surface area contributed by atoms with Crippen molar-refractivity contribution >= 4 is 21.2 Å². The smallest absolute Gasteiger partial charge is 0.175 e. The average molecular weight is 317 g/mol. The van der Waals surface area contributed by atoms with E-state index < -0.39 is 21.2 Å². The van der Waals surface area contributed by atoms with Gasteiger partial charge in [0.1, 0.15) is 4.75 Å². The lowest BCUT2D eigenvalue weighted by molar-refractivity contribution is 0.530. The van der Waals surface area contributed by atoms with Crippen molar-refractivity contribution < 1.29 is 13.0 Å². The van der Waals surface area contributed by atoms with Crippen LogP contribution in [0.1, 0.15) is 44.9 Å². The maximum Gasteiger partial charge on any atom is 0.175 e. The van der Waals surface area contributed by atoms with Gasteiger partial charge < -0.3 is 4.55 Å². The summed E-state index contributed by atoms with van der Waals surface area (Å²) in [5.41, 5.74) is 1.56. The monoisotopic (exact) mass is 317 g/mol. The normalized spacial score (nSPS) is 15.9. The summed E-state index contributed by atoms with van der Waals surface area (Å²) in [5.74, 6) is 0. The van der Waals surface area contributed by atoms with Crippen molar-refractivity contribution in [3.63, 3.8) is 0 Å². The average Bonchev–Trinajstić information content (AvgIpc) is 2.26. The molecule has 6 heteroatoms. The summed E-state index contributed by atoms with van der Waals surface area (Å²) in [7, 11) is -3.25. The first kappa shape index (κ1) is 17.5. The SMILES string of the molecule is Cc1c([C@@H](C)N[S+]([O-])C(C)(C)C)cccc1S(C)(=O)=O. The quantitative estimate of drug-likeness (QED) is 0.866. The van der Waals surface area contributed by atoms with Gasteiger partial charge >= 0.3 is 0 Å². The molecule has 1 aromatic carbocycles. The second-order valence-corrected chi connectivity index (χ2v) is 9.95. The van der Waals surface area contributed by atoms with Gasteiger partial charge in [-0.3, -0.25) is 0 Å². The highest BCUT2D eigenvalue weighted by molar-refractivity contribution is 7.91. The van der Waals surface area contributed by atoms with Crippen LogP contribution < -0.4 is 4.72 Å². The van der Waals surface area contributed by atoms with Crippen LogP contribution in [0.3, 0.4) is 0 Å². The molecule has 0 heterocycles. The first-order valence-corrected chi connectivity index (χ1v) is 9.46. The second kappa shape index (κ2) is 6.05. The molecule has 20 heavy (non-hydrogen) atoms. The number of hydrogen-bond donors (Lipinski definition) is 1. The molecular weight excluding hydrogens is 294 g/mol. The van der Waals surface area contributed by atoms with Crippen LogP contribution in [0.2, 0.25) is 0 Å². The third-order valence-corrected chi connectivity index (χ3v) is 5.95. The molecule has 1 rings (SSSR count). The van der Waals surface area contributed by atoms with Crippen LogP contribution in [0.25, 0.3) is 0 Å². The first-order chi connectivity index (χ1) is 8.94. The van der Waals surface area contributed by atoms with E-state index in [0.717, 1.165) is 5.56 Å². The van der Waals surface area contributed by atoms with Crippen LogP contribution in [0.5, 0.6) is 0 Å². The van der Waals surface area contributed by atoms with Gasteiger partial charge in [-0.2, -0.15) is 0 Å². The maximum absolute atomic E-state index is 12.1. The molecule has 1 aromatic rings. The molecule has 0 saturated heterocycles. The summed E-state index contributed by atoms with van der Waals surface area (Å²) in [4.78, 5) is 0.324. The van der Waals surface area contributed by atoms with Crippen molar-refractivity contribution in [3.8, 4) is 0 Å². The Morgan fingerprint density at radius 1 is 1.30 bits per heavy atom. The highest BCUT2D eigenvalue weighted by Crippen LogP contribution is 2.26. The van der Waals surface area contributed by atoms with Gasteiger partial charge in [0.25, 0.3) is 0 Å². The fourth-order valence-electron chi connectivity index (χ4n) is 1.90. The Hall–Kier alpha value is -0.560. The van der Waals surface area contributed by atoms with E-state index in [1.165, 1.54) is 6.26 Å². The Morgan fingerprint density at radius 3 is 2.30 bits per heavy atom. The Kier molecular flexibility index (Phi) is 5.29. The van der Waals surface area contributed by atoms with Crippen LogP contribution in [-0.4, -0.2) is 24.0 Å². The number of nitrogens with one attached hydrogen (secondary N) is 1. The molecule has 0 radical (unpaired) electrons. The molecule has 0 aliphatic heterocycles. The van der Waals surface area contributed by atoms with E-state index >= 15 is 0 Å². The Morgan fingerprint density at radius 2 is 1.85 bits per heavy atom. The van der Waals surface area contributed by atoms with Crippen molar-refractivity contribution in [2.75, 3.05) is 6.26 Å². The van der Waals surface area contributed by atoms with E-state index in [1.807, 2.05) is 33.8 Å². The van der Waals surface area contributed by atoms with E-state index in [0.29, 0.717) is 10.5 Å². The summed E-state index contributed by atoms with van der Waals surface area (Å²) in [6.45, 7) is 9.34. The van der Waals surface area contributed by atoms with Gasteiger partial charge in [0.2, 0.25) is 0 Å². The van der Waals surface area contributed by atoms with Crippen molar-refractivity contribution in [2.45, 2.75) is 50.3 Å². The molecule has 0 fully saturated rings. The molecule has 0 aliphatic carbocycles. The van der Waals surface area contributed by atoms with Gasteiger partial charge in [0.05, 0.1) is 10.9 Å². The fourth-order valence-corrected chi connectivity index (χ4v) is 3.70. The number of sulfone groups is 1. The molecule has 0 saturated carbocycles. The summed E-state index contributed by atoms with van der Waals surface area (Å²) < 4.78 is 38.3. The molecular formula is C14H23NO3S2. The zero-order valence-corrected chi connectivity index (χ0v) is 14.5. The molecule has 1 N–H and O–H groups in total. The molecule has 2 atom stereocenters. The van der Waals surface area contributed by atoms with Gasteiger partial charge in [0, 0.05) is 17.6 Å². The van der Waals surface area contributed by atoms with Crippen LogP contribution in [0.15, 0.2) is 23.1 Å². The Balaban J connectivity index is 3.10. The number of hydrogen-bond acceptors (Lipinski definition) is 4. The Labute approximate surface area is 125 Å². The minimum absolute atomic E-state index is 0.184. The van der Waals surface area contributed by atoms with Crippen molar-refractivity contribution in [1.29, 1.82) is 0 Å². The van der Waals surface area contributed by atoms with Crippen LogP contribution in [-0.2, 0) is 21.2 Å². The predicted molar refractivity (Wildman–Crippen MR) is 83.7 cm³/mol. The van der Waals surface area contributed by atoms with Crippen molar-refractivity contribution in [1.82, 2.24) is 4.72 Å². The molecule has 1 unspecified atom stereocenters. The predicted octanol–water partition coefficient (Wildman–Crippen LogP) is 2.51. The molecule has 0 aliphatic rings. The van der Waals surface area contributed by atoms with Crippen LogP contribution >= 0.6 is 0 Å². The number of rotatable bonds is 4. The summed E-state index contributed by atoms with van der Waals surface area (Å²) in [6.07, 6.45) is 1.20. The molecule has 0 bridgehead atoms. The fraction of sp³-hybridized carbons (Fsp3) is 0.571. The molecule has 0 aromatic heterocycles. The lowest BCUT2D eigenvalue weighted by atomic mass is 10.0. The second-order valence-electron chi connectivity index (χ2n) is 5.96. The molecule has 0 amide bonds. The Bertz CT molecular complexity index is 577. The first-order valence-electron chi connectivity index (χ1n) is 6.42. The van der Waals surface area contributed by atoms with Crippen molar-refractivity contribution in [3.05, 3.63) is 29.3 Å². The molecule has 114 valence electrons. The van der Waals surface area contributed by atoms with E-state index in [1.54, 1.807) is 19.1 Å². The van der Waals surface area contributed by atoms with E-state index in [2.05, 4.69) is 4.72 Å². The highest BCUT2D eigenvalue weighted by Gasteiger charge is 2.29. The summed E-state index contributed by atoms with van der Waals surface area (Å²) >= 11 is -1.20. The third kappa shape index (κ3) is 4.22. The van der Waals surface area contributed by atoms with Gasteiger partial charge in [-0.1, -0.05) is 12.1 Å². The van der Waals surface area contributed by atoms with Gasteiger partial charge in [-0.15, -0.1) is 4.72 Å². The third-order valence-electron chi connectivity index (χ3n) is 3.03. The highest BCUT2D eigenvalue weighted by atomic mass is 32.2. The van der Waals surface area contributed by atoms with Crippen LogP contribution in [0, 0.1) is 6.92 Å². The van der Waals surface area contributed by atoms with Gasteiger partial charge in [0.15, 0.2) is 9.84 Å². The molecule has 4 nitrogen and oxygen atoms in total.